The standard InChI is InChI=1S/C13H21NO3S/c1-11(2)8-9-14-10-12-4-6-13(7-5-12)17-18(3,15)16/h4-7,11,14H,8-10H2,1-3H3. The van der Waals surface area contributed by atoms with Gasteiger partial charge in [0.05, 0.1) is 6.26 Å². The summed E-state index contributed by atoms with van der Waals surface area (Å²) in [6, 6.07) is 7.06. The molecule has 18 heavy (non-hydrogen) atoms. The Bertz CT molecular complexity index is 452. The minimum absolute atomic E-state index is 0.350. The van der Waals surface area contributed by atoms with Crippen molar-refractivity contribution in [3.63, 3.8) is 0 Å². The largest absolute Gasteiger partial charge is 0.383 e. The lowest BCUT2D eigenvalue weighted by Gasteiger charge is -2.08. The molecule has 0 saturated heterocycles. The molecule has 1 aromatic carbocycles. The number of rotatable bonds is 7. The topological polar surface area (TPSA) is 55.4 Å². The van der Waals surface area contributed by atoms with E-state index in [2.05, 4.69) is 19.2 Å². The Morgan fingerprint density at radius 1 is 1.22 bits per heavy atom. The third kappa shape index (κ3) is 6.61. The van der Waals surface area contributed by atoms with E-state index < -0.39 is 10.1 Å². The van der Waals surface area contributed by atoms with E-state index in [1.807, 2.05) is 12.1 Å². The van der Waals surface area contributed by atoms with Gasteiger partial charge in [0.25, 0.3) is 0 Å². The first-order valence-corrected chi connectivity index (χ1v) is 7.87. The van der Waals surface area contributed by atoms with Crippen LogP contribution < -0.4 is 9.50 Å². The van der Waals surface area contributed by atoms with Gasteiger partial charge in [0, 0.05) is 6.54 Å². The van der Waals surface area contributed by atoms with Crippen LogP contribution in [-0.2, 0) is 16.7 Å². The Labute approximate surface area is 109 Å². The highest BCUT2D eigenvalue weighted by Crippen LogP contribution is 2.13. The molecule has 0 heterocycles. The monoisotopic (exact) mass is 271 g/mol. The average Bonchev–Trinajstić information content (AvgIpc) is 2.24. The van der Waals surface area contributed by atoms with Gasteiger partial charge < -0.3 is 9.50 Å². The van der Waals surface area contributed by atoms with Gasteiger partial charge in [0.1, 0.15) is 5.75 Å². The lowest BCUT2D eigenvalue weighted by atomic mass is 10.1. The summed E-state index contributed by atoms with van der Waals surface area (Å²) in [4.78, 5) is 0. The number of benzene rings is 1. The van der Waals surface area contributed by atoms with E-state index in [0.717, 1.165) is 31.3 Å². The van der Waals surface area contributed by atoms with Crippen molar-refractivity contribution < 1.29 is 12.6 Å². The van der Waals surface area contributed by atoms with Crippen molar-refractivity contribution in [1.29, 1.82) is 0 Å². The maximum absolute atomic E-state index is 10.9. The molecule has 0 aliphatic carbocycles. The molecule has 0 radical (unpaired) electrons. The minimum Gasteiger partial charge on any atom is -0.383 e. The second kappa shape index (κ2) is 6.75. The Balaban J connectivity index is 2.41. The van der Waals surface area contributed by atoms with Gasteiger partial charge in [-0.1, -0.05) is 26.0 Å². The highest BCUT2D eigenvalue weighted by molar-refractivity contribution is 7.86. The maximum atomic E-state index is 10.9. The van der Waals surface area contributed by atoms with Gasteiger partial charge in [-0.25, -0.2) is 0 Å². The molecule has 0 aliphatic rings. The Morgan fingerprint density at radius 2 is 1.83 bits per heavy atom. The van der Waals surface area contributed by atoms with Crippen LogP contribution in [0.1, 0.15) is 25.8 Å². The van der Waals surface area contributed by atoms with Crippen molar-refractivity contribution in [2.75, 3.05) is 12.8 Å². The fourth-order valence-corrected chi connectivity index (χ4v) is 1.92. The van der Waals surface area contributed by atoms with Crippen LogP contribution >= 0.6 is 0 Å². The molecule has 102 valence electrons. The quantitative estimate of drug-likeness (QED) is 0.610. The predicted octanol–water partition coefficient (Wildman–Crippen LogP) is 2.16. The van der Waals surface area contributed by atoms with Crippen molar-refractivity contribution in [2.24, 2.45) is 5.92 Å². The Morgan fingerprint density at radius 3 is 2.33 bits per heavy atom. The van der Waals surface area contributed by atoms with Crippen molar-refractivity contribution in [2.45, 2.75) is 26.8 Å². The highest BCUT2D eigenvalue weighted by atomic mass is 32.2. The highest BCUT2D eigenvalue weighted by Gasteiger charge is 2.03. The van der Waals surface area contributed by atoms with Crippen LogP contribution in [0.2, 0.25) is 0 Å². The Hall–Kier alpha value is -1.07. The zero-order chi connectivity index (χ0) is 13.6. The van der Waals surface area contributed by atoms with Crippen molar-refractivity contribution in [3.05, 3.63) is 29.8 Å². The molecule has 1 N–H and O–H groups in total. The zero-order valence-electron chi connectivity index (χ0n) is 11.1. The van der Waals surface area contributed by atoms with Gasteiger partial charge in [0.15, 0.2) is 0 Å². The lowest BCUT2D eigenvalue weighted by molar-refractivity contribution is 0.492. The molecule has 0 aliphatic heterocycles. The lowest BCUT2D eigenvalue weighted by Crippen LogP contribution is -2.16. The molecule has 0 aromatic heterocycles. The second-order valence-corrected chi connectivity index (χ2v) is 6.37. The van der Waals surface area contributed by atoms with E-state index in [4.69, 9.17) is 4.18 Å². The van der Waals surface area contributed by atoms with E-state index >= 15 is 0 Å². The van der Waals surface area contributed by atoms with E-state index in [9.17, 15) is 8.42 Å². The maximum Gasteiger partial charge on any atom is 0.306 e. The smallest absolute Gasteiger partial charge is 0.306 e. The van der Waals surface area contributed by atoms with Gasteiger partial charge in [-0.15, -0.1) is 0 Å². The summed E-state index contributed by atoms with van der Waals surface area (Å²) in [5, 5.41) is 3.34. The first kappa shape index (κ1) is 15.0. The molecule has 4 nitrogen and oxygen atoms in total. The molecule has 0 saturated carbocycles. The molecule has 0 unspecified atom stereocenters. The van der Waals surface area contributed by atoms with Crippen LogP contribution in [0.15, 0.2) is 24.3 Å². The molecule has 0 fully saturated rings. The van der Waals surface area contributed by atoms with E-state index in [1.54, 1.807) is 12.1 Å². The fraction of sp³-hybridized carbons (Fsp3) is 0.538. The molecular weight excluding hydrogens is 250 g/mol. The van der Waals surface area contributed by atoms with Crippen LogP contribution in [0.4, 0.5) is 0 Å². The predicted molar refractivity (Wildman–Crippen MR) is 73.1 cm³/mol. The average molecular weight is 271 g/mol. The van der Waals surface area contributed by atoms with Gasteiger partial charge in [-0.05, 0) is 36.6 Å². The molecule has 0 spiro atoms. The van der Waals surface area contributed by atoms with Gasteiger partial charge in [-0.2, -0.15) is 8.42 Å². The molecule has 0 bridgehead atoms. The molecule has 0 amide bonds. The molecule has 1 aromatic rings. The summed E-state index contributed by atoms with van der Waals surface area (Å²) in [5.74, 6) is 1.05. The Kier molecular flexibility index (Phi) is 5.62. The number of hydrogen-bond acceptors (Lipinski definition) is 4. The van der Waals surface area contributed by atoms with Crippen LogP contribution in [-0.4, -0.2) is 21.2 Å². The third-order valence-electron chi connectivity index (χ3n) is 2.40. The SMILES string of the molecule is CC(C)CCNCc1ccc(OS(C)(=O)=O)cc1. The van der Waals surface area contributed by atoms with Crippen LogP contribution in [0, 0.1) is 5.92 Å². The first-order chi connectivity index (χ1) is 8.37. The summed E-state index contributed by atoms with van der Waals surface area (Å²) in [6.07, 6.45) is 2.18. The van der Waals surface area contributed by atoms with Crippen molar-refractivity contribution >= 4 is 10.1 Å². The zero-order valence-corrected chi connectivity index (χ0v) is 12.0. The summed E-state index contributed by atoms with van der Waals surface area (Å²) in [5.41, 5.74) is 1.11. The summed E-state index contributed by atoms with van der Waals surface area (Å²) < 4.78 is 26.6. The normalized spacial score (nSPS) is 11.8. The summed E-state index contributed by atoms with van der Waals surface area (Å²) in [6.45, 7) is 6.16. The van der Waals surface area contributed by atoms with Crippen molar-refractivity contribution in [3.8, 4) is 5.75 Å². The number of nitrogens with one attached hydrogen (secondary N) is 1. The van der Waals surface area contributed by atoms with Gasteiger partial charge in [0.2, 0.25) is 0 Å². The first-order valence-electron chi connectivity index (χ1n) is 6.06. The van der Waals surface area contributed by atoms with E-state index in [1.165, 1.54) is 0 Å². The van der Waals surface area contributed by atoms with Crippen LogP contribution in [0.5, 0.6) is 5.75 Å². The van der Waals surface area contributed by atoms with E-state index in [0.29, 0.717) is 11.7 Å². The fourth-order valence-electron chi connectivity index (χ4n) is 1.46. The molecule has 5 heteroatoms. The minimum atomic E-state index is -3.44. The summed E-state index contributed by atoms with van der Waals surface area (Å²) in [7, 11) is -3.44. The van der Waals surface area contributed by atoms with E-state index in [-0.39, 0.29) is 0 Å². The van der Waals surface area contributed by atoms with Crippen LogP contribution in [0.3, 0.4) is 0 Å². The third-order valence-corrected chi connectivity index (χ3v) is 2.89. The van der Waals surface area contributed by atoms with Crippen molar-refractivity contribution in [1.82, 2.24) is 5.32 Å². The molecular formula is C13H21NO3S. The van der Waals surface area contributed by atoms with Crippen LogP contribution in [0.25, 0.3) is 0 Å². The summed E-state index contributed by atoms with van der Waals surface area (Å²) >= 11 is 0. The molecule has 0 atom stereocenters. The van der Waals surface area contributed by atoms with Gasteiger partial charge in [-0.3, -0.25) is 0 Å². The van der Waals surface area contributed by atoms with Gasteiger partial charge >= 0.3 is 10.1 Å². The second-order valence-electron chi connectivity index (χ2n) is 4.79. The number of hydrogen-bond donors (Lipinski definition) is 1. The molecule has 1 rings (SSSR count).